The van der Waals surface area contributed by atoms with E-state index in [2.05, 4.69) is 5.32 Å². The van der Waals surface area contributed by atoms with E-state index in [4.69, 9.17) is 16.3 Å². The van der Waals surface area contributed by atoms with Crippen molar-refractivity contribution in [1.82, 2.24) is 9.62 Å². The first kappa shape index (κ1) is 22.6. The molecule has 0 aliphatic carbocycles. The van der Waals surface area contributed by atoms with Gasteiger partial charge in [-0.05, 0) is 68.1 Å². The van der Waals surface area contributed by atoms with Gasteiger partial charge in [-0.1, -0.05) is 23.7 Å². The number of piperidine rings is 1. The molecule has 1 heterocycles. The van der Waals surface area contributed by atoms with Gasteiger partial charge < -0.3 is 10.1 Å². The molecule has 0 unspecified atom stereocenters. The van der Waals surface area contributed by atoms with Gasteiger partial charge in [0.25, 0.3) is 0 Å². The summed E-state index contributed by atoms with van der Waals surface area (Å²) in [7, 11) is -3.67. The average molecular weight is 451 g/mol. The maximum Gasteiger partial charge on any atom is 0.243 e. The van der Waals surface area contributed by atoms with E-state index in [1.807, 2.05) is 26.0 Å². The van der Waals surface area contributed by atoms with E-state index in [9.17, 15) is 13.2 Å². The number of amides is 1. The summed E-state index contributed by atoms with van der Waals surface area (Å²) in [6.45, 7) is 5.21. The molecule has 6 nitrogen and oxygen atoms in total. The quantitative estimate of drug-likeness (QED) is 0.696. The Hall–Kier alpha value is -2.09. The minimum absolute atomic E-state index is 0.132. The van der Waals surface area contributed by atoms with E-state index < -0.39 is 10.0 Å². The molecule has 3 rings (SSSR count). The van der Waals surface area contributed by atoms with Gasteiger partial charge in [-0.25, -0.2) is 8.42 Å². The number of sulfonamides is 1. The standard InChI is InChI=1S/C22H27ClN2O4S/c1-3-29-21-11-10-20(13-16(21)2)30(27,28)25-12-4-5-18(15-25)22(26)24-14-17-6-8-19(23)9-7-17/h6-11,13,18H,3-5,12,14-15H2,1-2H3,(H,24,26)/t18-/m1/s1. The van der Waals surface area contributed by atoms with Crippen molar-refractivity contribution >= 4 is 27.5 Å². The van der Waals surface area contributed by atoms with Gasteiger partial charge in [-0.15, -0.1) is 0 Å². The maximum atomic E-state index is 13.1. The minimum atomic E-state index is -3.67. The Morgan fingerprint density at radius 1 is 1.23 bits per heavy atom. The van der Waals surface area contributed by atoms with Crippen molar-refractivity contribution in [1.29, 1.82) is 0 Å². The van der Waals surface area contributed by atoms with Gasteiger partial charge in [0.2, 0.25) is 15.9 Å². The Morgan fingerprint density at radius 2 is 1.97 bits per heavy atom. The highest BCUT2D eigenvalue weighted by molar-refractivity contribution is 7.89. The van der Waals surface area contributed by atoms with E-state index in [-0.39, 0.29) is 23.3 Å². The smallest absolute Gasteiger partial charge is 0.243 e. The summed E-state index contributed by atoms with van der Waals surface area (Å²) in [6.07, 6.45) is 1.31. The van der Waals surface area contributed by atoms with E-state index in [0.717, 1.165) is 11.1 Å². The lowest BCUT2D eigenvalue weighted by Crippen LogP contribution is -2.45. The fourth-order valence-corrected chi connectivity index (χ4v) is 5.29. The maximum absolute atomic E-state index is 13.1. The van der Waals surface area contributed by atoms with E-state index >= 15 is 0 Å². The van der Waals surface area contributed by atoms with Crippen LogP contribution in [0.5, 0.6) is 5.75 Å². The second-order valence-corrected chi connectivity index (χ2v) is 9.78. The van der Waals surface area contributed by atoms with Crippen LogP contribution in [0, 0.1) is 12.8 Å². The number of nitrogens with zero attached hydrogens (tertiary/aromatic N) is 1. The molecule has 0 spiro atoms. The summed E-state index contributed by atoms with van der Waals surface area (Å²) < 4.78 is 33.2. The molecule has 1 fully saturated rings. The molecule has 1 amide bonds. The molecular weight excluding hydrogens is 424 g/mol. The lowest BCUT2D eigenvalue weighted by atomic mass is 9.99. The van der Waals surface area contributed by atoms with Crippen LogP contribution in [0.25, 0.3) is 0 Å². The molecular formula is C22H27ClN2O4S. The van der Waals surface area contributed by atoms with Gasteiger partial charge in [0.05, 0.1) is 17.4 Å². The van der Waals surface area contributed by atoms with Crippen LogP contribution in [0.2, 0.25) is 5.02 Å². The van der Waals surface area contributed by atoms with Crippen LogP contribution < -0.4 is 10.1 Å². The van der Waals surface area contributed by atoms with Gasteiger partial charge in [-0.3, -0.25) is 4.79 Å². The van der Waals surface area contributed by atoms with Gasteiger partial charge in [0, 0.05) is 24.7 Å². The summed E-state index contributed by atoms with van der Waals surface area (Å²) >= 11 is 5.88. The fourth-order valence-electron chi connectivity index (χ4n) is 3.56. The number of benzene rings is 2. The monoisotopic (exact) mass is 450 g/mol. The number of nitrogens with one attached hydrogen (secondary N) is 1. The van der Waals surface area contributed by atoms with E-state index in [0.29, 0.717) is 43.3 Å². The molecule has 8 heteroatoms. The third kappa shape index (κ3) is 5.33. The van der Waals surface area contributed by atoms with Gasteiger partial charge in [0.1, 0.15) is 5.75 Å². The predicted octanol–water partition coefficient (Wildman–Crippen LogP) is 3.76. The van der Waals surface area contributed by atoms with Gasteiger partial charge in [-0.2, -0.15) is 4.31 Å². The van der Waals surface area contributed by atoms with Gasteiger partial charge in [0.15, 0.2) is 0 Å². The Kier molecular flexibility index (Phi) is 7.39. The first-order valence-electron chi connectivity index (χ1n) is 10.1. The molecule has 2 aromatic rings. The highest BCUT2D eigenvalue weighted by Gasteiger charge is 2.33. The molecule has 0 saturated carbocycles. The Morgan fingerprint density at radius 3 is 2.63 bits per heavy atom. The second-order valence-electron chi connectivity index (χ2n) is 7.41. The highest BCUT2D eigenvalue weighted by atomic mass is 35.5. The summed E-state index contributed by atoms with van der Waals surface area (Å²) in [5.41, 5.74) is 1.71. The number of rotatable bonds is 7. The molecule has 1 aliphatic rings. The molecule has 30 heavy (non-hydrogen) atoms. The summed E-state index contributed by atoms with van der Waals surface area (Å²) in [5, 5.41) is 3.55. The van der Waals surface area contributed by atoms with Crippen molar-refractivity contribution in [2.75, 3.05) is 19.7 Å². The lowest BCUT2D eigenvalue weighted by molar-refractivity contribution is -0.126. The van der Waals surface area contributed by atoms with Crippen molar-refractivity contribution in [3.05, 3.63) is 58.6 Å². The molecule has 1 saturated heterocycles. The zero-order chi connectivity index (χ0) is 21.7. The molecule has 0 radical (unpaired) electrons. The first-order chi connectivity index (χ1) is 14.3. The lowest BCUT2D eigenvalue weighted by Gasteiger charge is -2.31. The highest BCUT2D eigenvalue weighted by Crippen LogP contribution is 2.27. The fraction of sp³-hybridized carbons (Fsp3) is 0.409. The van der Waals surface area contributed by atoms with Crippen molar-refractivity contribution in [3.8, 4) is 5.75 Å². The normalized spacial score (nSPS) is 17.5. The number of aryl methyl sites for hydroxylation is 1. The predicted molar refractivity (Wildman–Crippen MR) is 117 cm³/mol. The number of hydrogen-bond donors (Lipinski definition) is 1. The van der Waals surface area contributed by atoms with Crippen LogP contribution in [-0.4, -0.2) is 38.3 Å². The van der Waals surface area contributed by atoms with Crippen molar-refractivity contribution in [2.45, 2.75) is 38.1 Å². The second kappa shape index (κ2) is 9.81. The SMILES string of the molecule is CCOc1ccc(S(=O)(=O)N2CCC[C@@H](C(=O)NCc3ccc(Cl)cc3)C2)cc1C. The number of hydrogen-bond acceptors (Lipinski definition) is 4. The van der Waals surface area contributed by atoms with E-state index in [1.165, 1.54) is 4.31 Å². The summed E-state index contributed by atoms with van der Waals surface area (Å²) in [6, 6.07) is 12.1. The van der Waals surface area contributed by atoms with Gasteiger partial charge >= 0.3 is 0 Å². The molecule has 0 bridgehead atoms. The largest absolute Gasteiger partial charge is 0.494 e. The number of carbonyl (C=O) groups is 1. The van der Waals surface area contributed by atoms with Crippen molar-refractivity contribution in [2.24, 2.45) is 5.92 Å². The van der Waals surface area contributed by atoms with Crippen LogP contribution >= 0.6 is 11.6 Å². The molecule has 1 N–H and O–H groups in total. The van der Waals surface area contributed by atoms with Crippen molar-refractivity contribution in [3.63, 3.8) is 0 Å². The Labute approximate surface area is 183 Å². The van der Waals surface area contributed by atoms with Crippen molar-refractivity contribution < 1.29 is 17.9 Å². The Balaban J connectivity index is 1.66. The number of halogens is 1. The third-order valence-corrected chi connectivity index (χ3v) is 7.33. The Bertz CT molecular complexity index is 993. The topological polar surface area (TPSA) is 75.7 Å². The molecule has 1 aliphatic heterocycles. The molecule has 1 atom stereocenters. The molecule has 162 valence electrons. The van der Waals surface area contributed by atoms with Crippen LogP contribution in [0.1, 0.15) is 30.9 Å². The average Bonchev–Trinajstić information content (AvgIpc) is 2.74. The van der Waals surface area contributed by atoms with E-state index in [1.54, 1.807) is 30.3 Å². The number of carbonyl (C=O) groups excluding carboxylic acids is 1. The zero-order valence-corrected chi connectivity index (χ0v) is 18.8. The number of ether oxygens (including phenoxy) is 1. The first-order valence-corrected chi connectivity index (χ1v) is 11.9. The van der Waals surface area contributed by atoms with Crippen LogP contribution in [0.3, 0.4) is 0 Å². The minimum Gasteiger partial charge on any atom is -0.494 e. The molecule has 2 aromatic carbocycles. The van der Waals surface area contributed by atoms with Crippen LogP contribution in [0.4, 0.5) is 0 Å². The summed E-state index contributed by atoms with van der Waals surface area (Å²) in [4.78, 5) is 12.9. The van der Waals surface area contributed by atoms with Crippen LogP contribution in [-0.2, 0) is 21.4 Å². The molecule has 0 aromatic heterocycles. The zero-order valence-electron chi connectivity index (χ0n) is 17.2. The summed E-state index contributed by atoms with van der Waals surface area (Å²) in [5.74, 6) is 0.173. The third-order valence-electron chi connectivity index (χ3n) is 5.22. The van der Waals surface area contributed by atoms with Crippen LogP contribution in [0.15, 0.2) is 47.4 Å².